The van der Waals surface area contributed by atoms with E-state index in [1.165, 1.54) is 0 Å². The number of esters is 1. The Hall–Kier alpha value is -1.71. The number of phenols is 1. The Morgan fingerprint density at radius 2 is 2.29 bits per heavy atom. The van der Waals surface area contributed by atoms with E-state index in [9.17, 15) is 9.90 Å². The van der Waals surface area contributed by atoms with Gasteiger partial charge in [-0.25, -0.2) is 0 Å². The summed E-state index contributed by atoms with van der Waals surface area (Å²) in [5.41, 5.74) is 0.944. The average molecular weight is 236 g/mol. The lowest BCUT2D eigenvalue weighted by Gasteiger charge is -2.14. The van der Waals surface area contributed by atoms with Gasteiger partial charge in [-0.05, 0) is 25.1 Å². The molecule has 0 amide bonds. The lowest BCUT2D eigenvalue weighted by atomic mass is 9.95. The lowest BCUT2D eigenvalue weighted by molar-refractivity contribution is -0.144. The maximum Gasteiger partial charge on any atom is 0.309 e. The fraction of sp³-hybridized carbons (Fsp3) is 0.462. The zero-order valence-electron chi connectivity index (χ0n) is 9.97. The number of benzene rings is 1. The van der Waals surface area contributed by atoms with E-state index in [0.717, 1.165) is 11.3 Å². The number of aromatic hydroxyl groups is 1. The van der Waals surface area contributed by atoms with Gasteiger partial charge in [-0.3, -0.25) is 4.79 Å². The van der Waals surface area contributed by atoms with Gasteiger partial charge in [0.25, 0.3) is 0 Å². The predicted molar refractivity (Wildman–Crippen MR) is 62.2 cm³/mol. The highest BCUT2D eigenvalue weighted by atomic mass is 16.5. The molecule has 4 heteroatoms. The molecule has 2 rings (SSSR count). The van der Waals surface area contributed by atoms with E-state index >= 15 is 0 Å². The number of carbonyl (C=O) groups is 1. The number of rotatable bonds is 3. The molecule has 0 saturated heterocycles. The Bertz CT molecular complexity index is 427. The van der Waals surface area contributed by atoms with Crippen molar-refractivity contribution in [1.82, 2.24) is 0 Å². The first kappa shape index (κ1) is 11.8. The van der Waals surface area contributed by atoms with Crippen molar-refractivity contribution in [3.8, 4) is 11.5 Å². The van der Waals surface area contributed by atoms with Gasteiger partial charge in [0.15, 0.2) is 0 Å². The van der Waals surface area contributed by atoms with Crippen molar-refractivity contribution < 1.29 is 19.4 Å². The third-order valence-electron chi connectivity index (χ3n) is 2.99. The average Bonchev–Trinajstić information content (AvgIpc) is 2.57. The van der Waals surface area contributed by atoms with Crippen molar-refractivity contribution in [3.05, 3.63) is 23.8 Å². The summed E-state index contributed by atoms with van der Waals surface area (Å²) in [4.78, 5) is 11.4. The van der Waals surface area contributed by atoms with Crippen molar-refractivity contribution in [2.24, 2.45) is 0 Å². The van der Waals surface area contributed by atoms with Crippen molar-refractivity contribution in [2.75, 3.05) is 6.61 Å². The molecule has 1 aromatic carbocycles. The van der Waals surface area contributed by atoms with E-state index in [2.05, 4.69) is 0 Å². The Morgan fingerprint density at radius 1 is 1.53 bits per heavy atom. The van der Waals surface area contributed by atoms with Crippen LogP contribution in [0, 0.1) is 0 Å². The van der Waals surface area contributed by atoms with Crippen LogP contribution in [0.1, 0.15) is 31.7 Å². The summed E-state index contributed by atoms with van der Waals surface area (Å²) in [7, 11) is 0. The van der Waals surface area contributed by atoms with E-state index in [0.29, 0.717) is 6.61 Å². The summed E-state index contributed by atoms with van der Waals surface area (Å²) < 4.78 is 10.6. The van der Waals surface area contributed by atoms with Gasteiger partial charge in [0.05, 0.1) is 13.0 Å². The number of fused-ring (bicyclic) bond motifs is 1. The zero-order chi connectivity index (χ0) is 12.4. The summed E-state index contributed by atoms with van der Waals surface area (Å²) in [5, 5.41) is 9.42. The minimum Gasteiger partial charge on any atom is -0.508 e. The molecule has 0 spiro atoms. The first-order chi connectivity index (χ1) is 8.11. The van der Waals surface area contributed by atoms with Crippen molar-refractivity contribution >= 4 is 5.97 Å². The van der Waals surface area contributed by atoms with Gasteiger partial charge in [-0.2, -0.15) is 0 Å². The molecule has 2 atom stereocenters. The number of phenolic OH excluding ortho intramolecular Hbond substituents is 1. The van der Waals surface area contributed by atoms with Gasteiger partial charge in [-0.15, -0.1) is 0 Å². The smallest absolute Gasteiger partial charge is 0.309 e. The first-order valence-corrected chi connectivity index (χ1v) is 5.77. The molecule has 0 saturated carbocycles. The first-order valence-electron chi connectivity index (χ1n) is 5.77. The molecule has 92 valence electrons. The summed E-state index contributed by atoms with van der Waals surface area (Å²) in [5.74, 6) is 0.795. The molecule has 1 N–H and O–H groups in total. The van der Waals surface area contributed by atoms with Crippen LogP contribution in [0.5, 0.6) is 11.5 Å². The van der Waals surface area contributed by atoms with Gasteiger partial charge >= 0.3 is 5.97 Å². The highest BCUT2D eigenvalue weighted by Crippen LogP contribution is 2.40. The number of carbonyl (C=O) groups excluding carboxylic acids is 1. The Balaban J connectivity index is 2.09. The lowest BCUT2D eigenvalue weighted by Crippen LogP contribution is -2.22. The third kappa shape index (κ3) is 2.35. The monoisotopic (exact) mass is 236 g/mol. The SMILES string of the molecule is CCOC(=O)CC1Oc2ccc(O)cc2C1C. The summed E-state index contributed by atoms with van der Waals surface area (Å²) in [6.45, 7) is 4.15. The summed E-state index contributed by atoms with van der Waals surface area (Å²) >= 11 is 0. The van der Waals surface area contributed by atoms with E-state index in [1.54, 1.807) is 25.1 Å². The van der Waals surface area contributed by atoms with Crippen LogP contribution in [-0.4, -0.2) is 23.8 Å². The van der Waals surface area contributed by atoms with Crippen molar-refractivity contribution in [1.29, 1.82) is 0 Å². The summed E-state index contributed by atoms with van der Waals surface area (Å²) in [6, 6.07) is 5.00. The molecule has 17 heavy (non-hydrogen) atoms. The van der Waals surface area contributed by atoms with Crippen LogP contribution in [-0.2, 0) is 9.53 Å². The van der Waals surface area contributed by atoms with Crippen molar-refractivity contribution in [3.63, 3.8) is 0 Å². The second-order valence-electron chi connectivity index (χ2n) is 4.18. The van der Waals surface area contributed by atoms with Crippen LogP contribution in [0.15, 0.2) is 18.2 Å². The van der Waals surface area contributed by atoms with Crippen LogP contribution < -0.4 is 4.74 Å². The van der Waals surface area contributed by atoms with Crippen molar-refractivity contribution in [2.45, 2.75) is 32.3 Å². The Kier molecular flexibility index (Phi) is 3.22. The molecule has 0 fully saturated rings. The second-order valence-corrected chi connectivity index (χ2v) is 4.18. The van der Waals surface area contributed by atoms with Crippen LogP contribution >= 0.6 is 0 Å². The standard InChI is InChI=1S/C13H16O4/c1-3-16-13(15)7-12-8(2)10-6-9(14)4-5-11(10)17-12/h4-6,8,12,14H,3,7H2,1-2H3. The number of ether oxygens (including phenoxy) is 2. The second kappa shape index (κ2) is 4.65. The Labute approximate surface area is 100 Å². The maximum absolute atomic E-state index is 11.4. The zero-order valence-corrected chi connectivity index (χ0v) is 9.97. The molecular formula is C13H16O4. The van der Waals surface area contributed by atoms with Gasteiger partial charge in [0.1, 0.15) is 17.6 Å². The van der Waals surface area contributed by atoms with E-state index in [1.807, 2.05) is 6.92 Å². The molecule has 1 aliphatic rings. The predicted octanol–water partition coefficient (Wildman–Crippen LogP) is 2.21. The highest BCUT2D eigenvalue weighted by molar-refractivity contribution is 5.70. The van der Waals surface area contributed by atoms with E-state index < -0.39 is 0 Å². The number of hydrogen-bond acceptors (Lipinski definition) is 4. The van der Waals surface area contributed by atoms with Crippen LogP contribution in [0.2, 0.25) is 0 Å². The minimum absolute atomic E-state index is 0.0847. The highest BCUT2D eigenvalue weighted by Gasteiger charge is 2.33. The molecule has 1 heterocycles. The molecule has 0 aromatic heterocycles. The normalized spacial score (nSPS) is 21.8. The molecule has 2 unspecified atom stereocenters. The molecule has 1 aromatic rings. The van der Waals surface area contributed by atoms with Crippen LogP contribution in [0.3, 0.4) is 0 Å². The molecular weight excluding hydrogens is 220 g/mol. The maximum atomic E-state index is 11.4. The van der Waals surface area contributed by atoms with Crippen LogP contribution in [0.4, 0.5) is 0 Å². The summed E-state index contributed by atoms with van der Waals surface area (Å²) in [6.07, 6.45) is 0.0376. The minimum atomic E-state index is -0.249. The number of hydrogen-bond donors (Lipinski definition) is 1. The van der Waals surface area contributed by atoms with E-state index in [-0.39, 0.29) is 30.2 Å². The molecule has 0 bridgehead atoms. The van der Waals surface area contributed by atoms with Gasteiger partial charge in [0, 0.05) is 11.5 Å². The molecule has 0 radical (unpaired) electrons. The van der Waals surface area contributed by atoms with E-state index in [4.69, 9.17) is 9.47 Å². The molecule has 0 aliphatic carbocycles. The molecule has 4 nitrogen and oxygen atoms in total. The van der Waals surface area contributed by atoms with Gasteiger partial charge < -0.3 is 14.6 Å². The molecule has 1 aliphatic heterocycles. The third-order valence-corrected chi connectivity index (χ3v) is 2.99. The quantitative estimate of drug-likeness (QED) is 0.817. The largest absolute Gasteiger partial charge is 0.508 e. The topological polar surface area (TPSA) is 55.8 Å². The Morgan fingerprint density at radius 3 is 3.00 bits per heavy atom. The van der Waals surface area contributed by atoms with Gasteiger partial charge in [-0.1, -0.05) is 6.92 Å². The van der Waals surface area contributed by atoms with Gasteiger partial charge in [0.2, 0.25) is 0 Å². The fourth-order valence-corrected chi connectivity index (χ4v) is 2.07. The fourth-order valence-electron chi connectivity index (χ4n) is 2.07. The van der Waals surface area contributed by atoms with Crippen LogP contribution in [0.25, 0.3) is 0 Å².